The second-order valence-corrected chi connectivity index (χ2v) is 10.6. The lowest BCUT2D eigenvalue weighted by atomic mass is 9.55. The summed E-state index contributed by atoms with van der Waals surface area (Å²) in [5, 5.41) is 44.2. The van der Waals surface area contributed by atoms with Gasteiger partial charge in [0, 0.05) is 29.4 Å². The number of ether oxygens (including phenoxy) is 1. The van der Waals surface area contributed by atoms with Crippen molar-refractivity contribution < 1.29 is 48.7 Å². The Morgan fingerprint density at radius 2 is 1.76 bits per heavy atom. The second kappa shape index (κ2) is 8.93. The lowest BCUT2D eigenvalue weighted by Crippen LogP contribution is -2.64. The largest absolute Gasteiger partial charge is 0.508 e. The van der Waals surface area contributed by atoms with Crippen LogP contribution in [0, 0.1) is 23.6 Å². The number of phenols is 1. The SMILES string of the molecule is C[C@H]1c2c(F)ccc(O)c2C(O)=C2C(=O)[C@]3(O)C(O)=C(C(N)=O)C(=O)C[C@@H]3[C@@H](OC(=O)C3CCCCC3)[C@@H]21. The van der Waals surface area contributed by atoms with Crippen LogP contribution in [0.1, 0.15) is 62.5 Å². The van der Waals surface area contributed by atoms with Gasteiger partial charge in [0.2, 0.25) is 5.78 Å². The van der Waals surface area contributed by atoms with Gasteiger partial charge in [-0.05, 0) is 30.9 Å². The minimum absolute atomic E-state index is 0.132. The molecule has 0 aromatic heterocycles. The van der Waals surface area contributed by atoms with E-state index in [1.54, 1.807) is 0 Å². The molecule has 0 radical (unpaired) electrons. The number of hydrogen-bond donors (Lipinski definition) is 5. The number of rotatable bonds is 3. The summed E-state index contributed by atoms with van der Waals surface area (Å²) in [6.45, 7) is 1.51. The zero-order valence-corrected chi connectivity index (χ0v) is 20.6. The Morgan fingerprint density at radius 1 is 1.11 bits per heavy atom. The summed E-state index contributed by atoms with van der Waals surface area (Å²) < 4.78 is 20.9. The molecule has 2 fully saturated rings. The van der Waals surface area contributed by atoms with E-state index in [0.29, 0.717) is 12.8 Å². The zero-order chi connectivity index (χ0) is 27.7. The first kappa shape index (κ1) is 25.9. The highest BCUT2D eigenvalue weighted by molar-refractivity contribution is 6.23. The molecule has 38 heavy (non-hydrogen) atoms. The normalized spacial score (nSPS) is 31.4. The monoisotopic (exact) mass is 529 g/mol. The quantitative estimate of drug-likeness (QED) is 0.289. The number of nitrogens with two attached hydrogens (primary N) is 1. The number of halogens is 1. The highest BCUT2D eigenvalue weighted by Crippen LogP contribution is 2.57. The highest BCUT2D eigenvalue weighted by Gasteiger charge is 2.66. The van der Waals surface area contributed by atoms with Crippen molar-refractivity contribution in [2.75, 3.05) is 0 Å². The molecule has 0 saturated heterocycles. The summed E-state index contributed by atoms with van der Waals surface area (Å²) in [6, 6.07) is 1.98. The van der Waals surface area contributed by atoms with Crippen molar-refractivity contribution in [1.82, 2.24) is 0 Å². The third-order valence-electron chi connectivity index (χ3n) is 8.59. The smallest absolute Gasteiger partial charge is 0.309 e. The first-order valence-corrected chi connectivity index (χ1v) is 12.6. The molecule has 2 saturated carbocycles. The topological polar surface area (TPSA) is 184 Å². The number of aliphatic hydroxyl groups excluding tert-OH is 2. The number of benzene rings is 1. The Balaban J connectivity index is 1.74. The highest BCUT2D eigenvalue weighted by atomic mass is 19.1. The first-order valence-electron chi connectivity index (χ1n) is 12.6. The lowest BCUT2D eigenvalue weighted by molar-refractivity contribution is -0.182. The van der Waals surface area contributed by atoms with E-state index in [9.17, 15) is 39.6 Å². The van der Waals surface area contributed by atoms with Gasteiger partial charge in [-0.3, -0.25) is 19.2 Å². The van der Waals surface area contributed by atoms with Crippen LogP contribution in [0.25, 0.3) is 5.76 Å². The van der Waals surface area contributed by atoms with Crippen LogP contribution in [0.4, 0.5) is 4.39 Å². The molecule has 6 N–H and O–H groups in total. The van der Waals surface area contributed by atoms with E-state index in [2.05, 4.69) is 0 Å². The lowest BCUT2D eigenvalue weighted by Gasteiger charge is -2.51. The molecule has 4 aliphatic rings. The maximum atomic E-state index is 15.0. The third kappa shape index (κ3) is 3.48. The van der Waals surface area contributed by atoms with Crippen LogP contribution in [0.3, 0.4) is 0 Å². The molecule has 5 rings (SSSR count). The van der Waals surface area contributed by atoms with E-state index < -0.39 is 99.5 Å². The number of esters is 1. The number of carbonyl (C=O) groups is 4. The van der Waals surface area contributed by atoms with Gasteiger partial charge in [0.25, 0.3) is 5.91 Å². The number of phenolic OH excluding ortho intramolecular Hbond substituents is 1. The number of ketones is 2. The molecule has 5 atom stereocenters. The van der Waals surface area contributed by atoms with Gasteiger partial charge in [-0.15, -0.1) is 0 Å². The van der Waals surface area contributed by atoms with E-state index in [-0.39, 0.29) is 11.1 Å². The number of amides is 1. The van der Waals surface area contributed by atoms with Crippen molar-refractivity contribution in [1.29, 1.82) is 0 Å². The third-order valence-corrected chi connectivity index (χ3v) is 8.59. The van der Waals surface area contributed by atoms with Crippen LogP contribution >= 0.6 is 0 Å². The maximum Gasteiger partial charge on any atom is 0.309 e. The van der Waals surface area contributed by atoms with E-state index in [4.69, 9.17) is 10.5 Å². The minimum Gasteiger partial charge on any atom is -0.508 e. The van der Waals surface area contributed by atoms with Crippen molar-refractivity contribution in [2.24, 2.45) is 23.5 Å². The Labute approximate surface area is 216 Å². The molecular formula is C27H28FNO9. The molecular weight excluding hydrogens is 501 g/mol. The minimum atomic E-state index is -2.95. The van der Waals surface area contributed by atoms with Crippen LogP contribution in [0.15, 0.2) is 29.0 Å². The summed E-state index contributed by atoms with van der Waals surface area (Å²) in [4.78, 5) is 51.9. The summed E-state index contributed by atoms with van der Waals surface area (Å²) >= 11 is 0. The predicted octanol–water partition coefficient (Wildman–Crippen LogP) is 2.23. The number of Topliss-reactive ketones (excluding diaryl/α,β-unsaturated/α-hetero) is 2. The van der Waals surface area contributed by atoms with E-state index >= 15 is 4.39 Å². The van der Waals surface area contributed by atoms with Gasteiger partial charge in [-0.2, -0.15) is 0 Å². The Bertz CT molecular complexity index is 1340. The average molecular weight is 530 g/mol. The Kier molecular flexibility index (Phi) is 6.09. The fraction of sp³-hybridized carbons (Fsp3) is 0.481. The molecule has 202 valence electrons. The Morgan fingerprint density at radius 3 is 2.39 bits per heavy atom. The maximum absolute atomic E-state index is 15.0. The average Bonchev–Trinajstić information content (AvgIpc) is 2.87. The summed E-state index contributed by atoms with van der Waals surface area (Å²) in [6.07, 6.45) is 1.49. The van der Waals surface area contributed by atoms with E-state index in [1.807, 2.05) is 0 Å². The van der Waals surface area contributed by atoms with Crippen molar-refractivity contribution in [2.45, 2.75) is 63.1 Å². The molecule has 0 unspecified atom stereocenters. The molecule has 4 aliphatic carbocycles. The molecule has 0 bridgehead atoms. The first-order chi connectivity index (χ1) is 17.9. The Hall–Kier alpha value is -3.73. The molecule has 10 nitrogen and oxygen atoms in total. The van der Waals surface area contributed by atoms with Gasteiger partial charge in [0.1, 0.15) is 34.8 Å². The van der Waals surface area contributed by atoms with Gasteiger partial charge in [-0.1, -0.05) is 26.2 Å². The molecule has 1 aromatic carbocycles. The van der Waals surface area contributed by atoms with E-state index in [0.717, 1.165) is 31.4 Å². The fourth-order valence-corrected chi connectivity index (χ4v) is 6.72. The van der Waals surface area contributed by atoms with Crippen LogP contribution in [0.5, 0.6) is 5.75 Å². The molecule has 1 aromatic rings. The van der Waals surface area contributed by atoms with Crippen molar-refractivity contribution in [3.05, 3.63) is 46.0 Å². The van der Waals surface area contributed by atoms with Gasteiger partial charge < -0.3 is 30.9 Å². The van der Waals surface area contributed by atoms with Crippen LogP contribution < -0.4 is 5.73 Å². The predicted molar refractivity (Wildman–Crippen MR) is 128 cm³/mol. The van der Waals surface area contributed by atoms with Crippen molar-refractivity contribution >= 4 is 29.2 Å². The van der Waals surface area contributed by atoms with Gasteiger partial charge >= 0.3 is 5.97 Å². The molecule has 11 heteroatoms. The van der Waals surface area contributed by atoms with Crippen LogP contribution in [-0.4, -0.2) is 55.6 Å². The summed E-state index contributed by atoms with van der Waals surface area (Å²) in [7, 11) is 0. The van der Waals surface area contributed by atoms with Crippen molar-refractivity contribution in [3.8, 4) is 5.75 Å². The van der Waals surface area contributed by atoms with Gasteiger partial charge in [0.05, 0.1) is 11.5 Å². The molecule has 0 aliphatic heterocycles. The van der Waals surface area contributed by atoms with Crippen LogP contribution in [-0.2, 0) is 23.9 Å². The number of hydrogen-bond acceptors (Lipinski definition) is 9. The number of aliphatic hydroxyl groups is 3. The van der Waals surface area contributed by atoms with Gasteiger partial charge in [0.15, 0.2) is 11.4 Å². The van der Waals surface area contributed by atoms with Gasteiger partial charge in [-0.25, -0.2) is 4.39 Å². The zero-order valence-electron chi connectivity index (χ0n) is 20.6. The number of aromatic hydroxyl groups is 1. The fourth-order valence-electron chi connectivity index (χ4n) is 6.72. The molecule has 0 heterocycles. The standard InChI is InChI=1S/C27H28FNO9/c1-10-16-13(28)7-8-14(30)18(16)21(32)20-17(10)22(38-26(36)11-5-3-2-4-6-11)12-9-15(31)19(25(29)35)23(33)27(12,37)24(20)34/h7-8,10-12,17,22,30,32-33,37H,2-6,9H2,1H3,(H2,29,35)/t10-,12+,17+,22+,27+/m0/s1. The summed E-state index contributed by atoms with van der Waals surface area (Å²) in [5.41, 5.74) is 0.309. The molecule has 0 spiro atoms. The number of carbonyl (C=O) groups excluding carboxylic acids is 4. The summed E-state index contributed by atoms with van der Waals surface area (Å²) in [5.74, 6) is -12.0. The number of fused-ring (bicyclic) bond motifs is 3. The molecule has 1 amide bonds. The van der Waals surface area contributed by atoms with E-state index in [1.165, 1.54) is 6.92 Å². The second-order valence-electron chi connectivity index (χ2n) is 10.6. The number of primary amides is 1. The van der Waals surface area contributed by atoms with Crippen molar-refractivity contribution in [3.63, 3.8) is 0 Å². The van der Waals surface area contributed by atoms with Crippen LogP contribution in [0.2, 0.25) is 0 Å².